The number of aromatic nitrogens is 2. The second kappa shape index (κ2) is 4.90. The zero-order chi connectivity index (χ0) is 17.1. The number of imidazole rings is 1. The van der Waals surface area contributed by atoms with Crippen molar-refractivity contribution in [3.05, 3.63) is 47.8 Å². The summed E-state index contributed by atoms with van der Waals surface area (Å²) in [5.74, 6) is 0.413. The average Bonchev–Trinajstić information content (AvgIpc) is 2.94. The molecular formula is C19H18FN3O. The standard InChI is InChI=1S/C19H18FN3O/c1-19(2)10-16(24)23(3)17-12(5-4-6-13(17)19)18-21-14-8-7-11(20)9-15(14)22-18/h4-9H,10H2,1-3H3,(H,21,22). The fourth-order valence-electron chi connectivity index (χ4n) is 3.47. The van der Waals surface area contributed by atoms with E-state index in [0.29, 0.717) is 17.8 Å². The summed E-state index contributed by atoms with van der Waals surface area (Å²) in [7, 11) is 1.79. The maximum atomic E-state index is 13.4. The minimum Gasteiger partial charge on any atom is -0.338 e. The topological polar surface area (TPSA) is 49.0 Å². The molecule has 2 heterocycles. The van der Waals surface area contributed by atoms with Crippen LogP contribution in [-0.2, 0) is 10.2 Å². The third-order valence-electron chi connectivity index (χ3n) is 4.77. The molecule has 1 aliphatic heterocycles. The first kappa shape index (κ1) is 14.9. The third-order valence-corrected chi connectivity index (χ3v) is 4.77. The number of hydrogen-bond donors (Lipinski definition) is 1. The molecule has 0 bridgehead atoms. The predicted octanol–water partition coefficient (Wildman–Crippen LogP) is 4.01. The molecule has 0 saturated carbocycles. The molecule has 24 heavy (non-hydrogen) atoms. The van der Waals surface area contributed by atoms with Crippen LogP contribution in [0, 0.1) is 5.82 Å². The number of carbonyl (C=O) groups is 1. The molecule has 1 N–H and O–H groups in total. The molecule has 1 amide bonds. The Hall–Kier alpha value is -2.69. The summed E-state index contributed by atoms with van der Waals surface area (Å²) >= 11 is 0. The van der Waals surface area contributed by atoms with E-state index in [4.69, 9.17) is 0 Å². The van der Waals surface area contributed by atoms with Crippen LogP contribution in [0.3, 0.4) is 0 Å². The van der Waals surface area contributed by atoms with Crippen LogP contribution in [0.25, 0.3) is 22.4 Å². The third kappa shape index (κ3) is 2.12. The molecular weight excluding hydrogens is 305 g/mol. The van der Waals surface area contributed by atoms with Gasteiger partial charge in [-0.2, -0.15) is 0 Å². The number of benzene rings is 2. The molecule has 0 spiro atoms. The number of para-hydroxylation sites is 1. The molecule has 0 radical (unpaired) electrons. The molecule has 4 rings (SSSR count). The van der Waals surface area contributed by atoms with Crippen LogP contribution in [-0.4, -0.2) is 22.9 Å². The molecule has 1 aliphatic rings. The number of H-pyrrole nitrogens is 1. The number of halogens is 1. The van der Waals surface area contributed by atoms with Gasteiger partial charge in [-0.05, 0) is 23.8 Å². The van der Waals surface area contributed by atoms with Crippen molar-refractivity contribution in [1.29, 1.82) is 0 Å². The van der Waals surface area contributed by atoms with Crippen LogP contribution in [0.15, 0.2) is 36.4 Å². The van der Waals surface area contributed by atoms with Gasteiger partial charge in [0.1, 0.15) is 11.6 Å². The molecule has 0 saturated heterocycles. The number of fused-ring (bicyclic) bond motifs is 2. The van der Waals surface area contributed by atoms with Crippen LogP contribution in [0.4, 0.5) is 10.1 Å². The normalized spacial score (nSPS) is 16.5. The highest BCUT2D eigenvalue weighted by Gasteiger charge is 2.36. The number of rotatable bonds is 1. The summed E-state index contributed by atoms with van der Waals surface area (Å²) in [5, 5.41) is 0. The van der Waals surface area contributed by atoms with E-state index in [9.17, 15) is 9.18 Å². The fourth-order valence-corrected chi connectivity index (χ4v) is 3.47. The Bertz CT molecular complexity index is 974. The van der Waals surface area contributed by atoms with Crippen LogP contribution in [0.1, 0.15) is 25.8 Å². The maximum absolute atomic E-state index is 13.4. The monoisotopic (exact) mass is 323 g/mol. The Morgan fingerprint density at radius 1 is 1.25 bits per heavy atom. The van der Waals surface area contributed by atoms with E-state index in [1.165, 1.54) is 12.1 Å². The highest BCUT2D eigenvalue weighted by Crippen LogP contribution is 2.44. The molecule has 0 aliphatic carbocycles. The molecule has 5 heteroatoms. The van der Waals surface area contributed by atoms with Crippen molar-refractivity contribution in [2.75, 3.05) is 11.9 Å². The van der Waals surface area contributed by atoms with E-state index in [-0.39, 0.29) is 17.1 Å². The average molecular weight is 323 g/mol. The first-order valence-electron chi connectivity index (χ1n) is 7.92. The quantitative estimate of drug-likeness (QED) is 0.735. The van der Waals surface area contributed by atoms with Gasteiger partial charge in [0.05, 0.1) is 16.7 Å². The molecule has 0 unspecified atom stereocenters. The minimum atomic E-state index is -0.316. The Balaban J connectivity index is 1.97. The van der Waals surface area contributed by atoms with Crippen LogP contribution in [0.5, 0.6) is 0 Å². The van der Waals surface area contributed by atoms with Gasteiger partial charge < -0.3 is 9.88 Å². The van der Waals surface area contributed by atoms with Gasteiger partial charge in [-0.15, -0.1) is 0 Å². The van der Waals surface area contributed by atoms with E-state index < -0.39 is 0 Å². The van der Waals surface area contributed by atoms with Gasteiger partial charge in [0.15, 0.2) is 0 Å². The molecule has 1 aromatic heterocycles. The highest BCUT2D eigenvalue weighted by atomic mass is 19.1. The summed E-state index contributed by atoms with van der Waals surface area (Å²) in [5.41, 5.74) is 3.96. The highest BCUT2D eigenvalue weighted by molar-refractivity contribution is 6.01. The van der Waals surface area contributed by atoms with Gasteiger partial charge in [0.2, 0.25) is 5.91 Å². The Morgan fingerprint density at radius 2 is 2.04 bits per heavy atom. The second-order valence-corrected chi connectivity index (χ2v) is 6.96. The number of nitrogens with one attached hydrogen (secondary N) is 1. The first-order valence-corrected chi connectivity index (χ1v) is 7.92. The predicted molar refractivity (Wildman–Crippen MR) is 92.5 cm³/mol. The van der Waals surface area contributed by atoms with Crippen molar-refractivity contribution in [2.24, 2.45) is 0 Å². The van der Waals surface area contributed by atoms with E-state index >= 15 is 0 Å². The molecule has 4 nitrogen and oxygen atoms in total. The lowest BCUT2D eigenvalue weighted by Crippen LogP contribution is -2.39. The Kier molecular flexibility index (Phi) is 3.04. The van der Waals surface area contributed by atoms with Crippen LogP contribution < -0.4 is 4.90 Å². The fraction of sp³-hybridized carbons (Fsp3) is 0.263. The van der Waals surface area contributed by atoms with Crippen molar-refractivity contribution in [2.45, 2.75) is 25.7 Å². The van der Waals surface area contributed by atoms with Gasteiger partial charge >= 0.3 is 0 Å². The molecule has 2 aromatic carbocycles. The van der Waals surface area contributed by atoms with Crippen molar-refractivity contribution >= 4 is 22.6 Å². The van der Waals surface area contributed by atoms with Crippen LogP contribution in [0.2, 0.25) is 0 Å². The van der Waals surface area contributed by atoms with Gasteiger partial charge in [-0.25, -0.2) is 9.37 Å². The Labute approximate surface area is 139 Å². The number of hydrogen-bond acceptors (Lipinski definition) is 2. The number of amides is 1. The van der Waals surface area contributed by atoms with E-state index in [1.54, 1.807) is 18.0 Å². The molecule has 0 fully saturated rings. The van der Waals surface area contributed by atoms with Crippen molar-refractivity contribution < 1.29 is 9.18 Å². The van der Waals surface area contributed by atoms with Gasteiger partial charge in [-0.3, -0.25) is 4.79 Å². The second-order valence-electron chi connectivity index (χ2n) is 6.96. The minimum absolute atomic E-state index is 0.0853. The van der Waals surface area contributed by atoms with Gasteiger partial charge in [-0.1, -0.05) is 26.0 Å². The molecule has 122 valence electrons. The summed E-state index contributed by atoms with van der Waals surface area (Å²) in [6.45, 7) is 4.16. The summed E-state index contributed by atoms with van der Waals surface area (Å²) in [6, 6.07) is 10.5. The Morgan fingerprint density at radius 3 is 2.83 bits per heavy atom. The van der Waals surface area contributed by atoms with E-state index in [0.717, 1.165) is 22.3 Å². The van der Waals surface area contributed by atoms with Crippen LogP contribution >= 0.6 is 0 Å². The van der Waals surface area contributed by atoms with Gasteiger partial charge in [0.25, 0.3) is 0 Å². The van der Waals surface area contributed by atoms with Crippen molar-refractivity contribution in [1.82, 2.24) is 9.97 Å². The maximum Gasteiger partial charge on any atom is 0.227 e. The molecule has 0 atom stereocenters. The first-order chi connectivity index (χ1) is 11.4. The summed E-state index contributed by atoms with van der Waals surface area (Å²) < 4.78 is 13.4. The van der Waals surface area contributed by atoms with E-state index in [2.05, 4.69) is 29.9 Å². The largest absolute Gasteiger partial charge is 0.338 e. The summed E-state index contributed by atoms with van der Waals surface area (Å²) in [6.07, 6.45) is 0.477. The zero-order valence-corrected chi connectivity index (χ0v) is 13.9. The van der Waals surface area contributed by atoms with Crippen molar-refractivity contribution in [3.8, 4) is 11.4 Å². The SMILES string of the molecule is CN1C(=O)CC(C)(C)c2cccc(-c3nc4cc(F)ccc4[nH]3)c21. The van der Waals surface area contributed by atoms with E-state index in [1.807, 2.05) is 12.1 Å². The van der Waals surface area contributed by atoms with Crippen molar-refractivity contribution in [3.63, 3.8) is 0 Å². The van der Waals surface area contributed by atoms with Gasteiger partial charge in [0, 0.05) is 30.5 Å². The number of nitrogens with zero attached hydrogens (tertiary/aromatic N) is 2. The number of carbonyl (C=O) groups excluding carboxylic acids is 1. The lowest BCUT2D eigenvalue weighted by molar-refractivity contribution is -0.119. The number of anilines is 1. The zero-order valence-electron chi connectivity index (χ0n) is 13.9. The summed E-state index contributed by atoms with van der Waals surface area (Å²) in [4.78, 5) is 21.9. The number of aromatic amines is 1. The lowest BCUT2D eigenvalue weighted by Gasteiger charge is -2.37. The molecule has 3 aromatic rings. The smallest absolute Gasteiger partial charge is 0.227 e. The lowest BCUT2D eigenvalue weighted by atomic mass is 9.76.